The van der Waals surface area contributed by atoms with E-state index in [0.717, 1.165) is 28.4 Å². The Balaban J connectivity index is 0.00000272. The smallest absolute Gasteiger partial charge is 0.229 e. The van der Waals surface area contributed by atoms with E-state index in [1.165, 1.54) is 0 Å². The van der Waals surface area contributed by atoms with Crippen molar-refractivity contribution in [3.05, 3.63) is 96.7 Å². The van der Waals surface area contributed by atoms with Gasteiger partial charge in [-0.2, -0.15) is 10.2 Å². The third-order valence-corrected chi connectivity index (χ3v) is 4.25. The summed E-state index contributed by atoms with van der Waals surface area (Å²) in [5.41, 5.74) is 2.72. The predicted molar refractivity (Wildman–Crippen MR) is 125 cm³/mol. The molecule has 0 radical (unpaired) electrons. The maximum atomic E-state index is 8.76. The summed E-state index contributed by atoms with van der Waals surface area (Å²) < 4.78 is 5.81. The quantitative estimate of drug-likeness (QED) is 0.361. The van der Waals surface area contributed by atoms with Gasteiger partial charge in [0.15, 0.2) is 0 Å². The Hall–Kier alpha value is -4.08. The minimum absolute atomic E-state index is 0. The fourth-order valence-electron chi connectivity index (χ4n) is 2.79. The summed E-state index contributed by atoms with van der Waals surface area (Å²) in [6, 6.07) is 28.9. The highest BCUT2D eigenvalue weighted by atomic mass is 35.5. The summed E-state index contributed by atoms with van der Waals surface area (Å²) in [6.45, 7) is 0. The molecule has 0 saturated carbocycles. The van der Waals surface area contributed by atoms with Gasteiger partial charge in [-0.25, -0.2) is 4.98 Å². The van der Waals surface area contributed by atoms with Crippen molar-refractivity contribution in [3.8, 4) is 17.6 Å². The summed E-state index contributed by atoms with van der Waals surface area (Å²) in [7, 11) is 0. The number of nitrogens with zero attached hydrogens (tertiary/aromatic N) is 3. The minimum Gasteiger partial charge on any atom is -0.457 e. The summed E-state index contributed by atoms with van der Waals surface area (Å²) in [4.78, 5) is 8.76. The van der Waals surface area contributed by atoms with Gasteiger partial charge in [-0.3, -0.25) is 0 Å². The van der Waals surface area contributed by atoms with Crippen molar-refractivity contribution in [3.63, 3.8) is 0 Å². The van der Waals surface area contributed by atoms with E-state index in [2.05, 4.69) is 26.7 Å². The molecule has 6 nitrogen and oxygen atoms in total. The number of rotatable bonds is 7. The van der Waals surface area contributed by atoms with Crippen LogP contribution >= 0.6 is 12.4 Å². The van der Waals surface area contributed by atoms with Crippen molar-refractivity contribution in [2.45, 2.75) is 6.42 Å². The number of benzene rings is 3. The molecule has 0 unspecified atom stereocenters. The molecule has 0 fully saturated rings. The van der Waals surface area contributed by atoms with E-state index in [-0.39, 0.29) is 12.4 Å². The zero-order chi connectivity index (χ0) is 20.6. The highest BCUT2D eigenvalue weighted by molar-refractivity contribution is 5.85. The summed E-state index contributed by atoms with van der Waals surface area (Å²) in [5, 5.41) is 15.2. The van der Waals surface area contributed by atoms with Gasteiger partial charge in [-0.15, -0.1) is 12.4 Å². The molecule has 0 atom stereocenters. The van der Waals surface area contributed by atoms with E-state index in [9.17, 15) is 0 Å². The first-order chi connectivity index (χ1) is 14.8. The van der Waals surface area contributed by atoms with Gasteiger partial charge in [0, 0.05) is 17.6 Å². The third-order valence-electron chi connectivity index (χ3n) is 4.25. The molecule has 154 valence electrons. The molecule has 0 amide bonds. The Morgan fingerprint density at radius 2 is 1.42 bits per heavy atom. The lowest BCUT2D eigenvalue weighted by Gasteiger charge is -2.10. The van der Waals surface area contributed by atoms with Crippen molar-refractivity contribution in [2.24, 2.45) is 0 Å². The summed E-state index contributed by atoms with van der Waals surface area (Å²) in [5.74, 6) is 2.71. The first-order valence-electron chi connectivity index (χ1n) is 9.44. The standard InChI is InChI=1S/C24H19N5O.ClH/c25-16-14-18-6-8-20(9-7-18)28-24-26-17-15-23(29-24)27-19-10-12-22(13-11-19)30-21-4-2-1-3-5-21;/h1-13,15,17H,14H2,(H2,26,27,28,29);1H. The second-order valence-electron chi connectivity index (χ2n) is 6.49. The Morgan fingerprint density at radius 1 is 0.774 bits per heavy atom. The van der Waals surface area contributed by atoms with Crippen molar-refractivity contribution >= 4 is 35.5 Å². The van der Waals surface area contributed by atoms with E-state index in [4.69, 9.17) is 10.00 Å². The summed E-state index contributed by atoms with van der Waals surface area (Å²) >= 11 is 0. The van der Waals surface area contributed by atoms with Crippen LogP contribution in [0.5, 0.6) is 11.5 Å². The lowest BCUT2D eigenvalue weighted by atomic mass is 10.1. The Bertz CT molecular complexity index is 1140. The van der Waals surface area contributed by atoms with Gasteiger partial charge in [0.1, 0.15) is 17.3 Å². The summed E-state index contributed by atoms with van der Waals surface area (Å²) in [6.07, 6.45) is 2.08. The predicted octanol–water partition coefficient (Wildman–Crippen LogP) is 6.24. The Kier molecular flexibility index (Phi) is 7.41. The van der Waals surface area contributed by atoms with Gasteiger partial charge in [-0.05, 0) is 60.2 Å². The van der Waals surface area contributed by atoms with Crippen LogP contribution in [-0.2, 0) is 6.42 Å². The lowest BCUT2D eigenvalue weighted by Crippen LogP contribution is -2.00. The highest BCUT2D eigenvalue weighted by Gasteiger charge is 2.03. The van der Waals surface area contributed by atoms with Crippen molar-refractivity contribution in [1.29, 1.82) is 5.26 Å². The van der Waals surface area contributed by atoms with Crippen molar-refractivity contribution in [1.82, 2.24) is 9.97 Å². The first kappa shape index (κ1) is 21.6. The van der Waals surface area contributed by atoms with Crippen LogP contribution in [-0.4, -0.2) is 9.97 Å². The van der Waals surface area contributed by atoms with Gasteiger partial charge >= 0.3 is 0 Å². The Morgan fingerprint density at radius 3 is 2.13 bits per heavy atom. The van der Waals surface area contributed by atoms with E-state index >= 15 is 0 Å². The van der Waals surface area contributed by atoms with Gasteiger partial charge in [-0.1, -0.05) is 30.3 Å². The van der Waals surface area contributed by atoms with Crippen LogP contribution in [0, 0.1) is 11.3 Å². The van der Waals surface area contributed by atoms with Crippen molar-refractivity contribution < 1.29 is 4.74 Å². The number of halogens is 1. The average molecular weight is 430 g/mol. The molecule has 0 aliphatic carbocycles. The second-order valence-corrected chi connectivity index (χ2v) is 6.49. The normalized spacial score (nSPS) is 9.77. The number of para-hydroxylation sites is 1. The lowest BCUT2D eigenvalue weighted by molar-refractivity contribution is 0.483. The van der Waals surface area contributed by atoms with Crippen LogP contribution in [0.3, 0.4) is 0 Å². The number of nitriles is 1. The highest BCUT2D eigenvalue weighted by Crippen LogP contribution is 2.24. The maximum Gasteiger partial charge on any atom is 0.229 e. The molecular formula is C24H20ClN5O. The van der Waals surface area contributed by atoms with Crippen LogP contribution in [0.25, 0.3) is 0 Å². The second kappa shape index (κ2) is 10.6. The topological polar surface area (TPSA) is 82.9 Å². The monoisotopic (exact) mass is 429 g/mol. The number of hydrogen-bond acceptors (Lipinski definition) is 6. The fourth-order valence-corrected chi connectivity index (χ4v) is 2.79. The molecule has 0 saturated heterocycles. The number of nitrogens with one attached hydrogen (secondary N) is 2. The minimum atomic E-state index is 0. The molecule has 7 heteroatoms. The fraction of sp³-hybridized carbons (Fsp3) is 0.0417. The zero-order valence-corrected chi connectivity index (χ0v) is 17.3. The van der Waals surface area contributed by atoms with E-state index in [0.29, 0.717) is 18.2 Å². The molecule has 0 spiro atoms. The maximum absolute atomic E-state index is 8.76. The first-order valence-corrected chi connectivity index (χ1v) is 9.44. The molecule has 0 aliphatic heterocycles. The van der Waals surface area contributed by atoms with Gasteiger partial charge < -0.3 is 15.4 Å². The van der Waals surface area contributed by atoms with Gasteiger partial charge in [0.05, 0.1) is 12.5 Å². The van der Waals surface area contributed by atoms with Gasteiger partial charge in [0.25, 0.3) is 0 Å². The molecule has 0 aliphatic rings. The molecule has 4 rings (SSSR count). The molecule has 1 aromatic heterocycles. The molecule has 2 N–H and O–H groups in total. The SMILES string of the molecule is Cl.N#CCc1ccc(Nc2nccc(Nc3ccc(Oc4ccccc4)cc3)n2)cc1. The molecule has 1 heterocycles. The van der Waals surface area contributed by atoms with Crippen LogP contribution in [0.2, 0.25) is 0 Å². The number of ether oxygens (including phenoxy) is 1. The van der Waals surface area contributed by atoms with E-state index < -0.39 is 0 Å². The Labute approximate surface area is 187 Å². The van der Waals surface area contributed by atoms with Crippen LogP contribution < -0.4 is 15.4 Å². The average Bonchev–Trinajstić information content (AvgIpc) is 2.78. The van der Waals surface area contributed by atoms with Crippen LogP contribution in [0.15, 0.2) is 91.1 Å². The number of anilines is 4. The van der Waals surface area contributed by atoms with Crippen LogP contribution in [0.1, 0.15) is 5.56 Å². The van der Waals surface area contributed by atoms with Gasteiger partial charge in [0.2, 0.25) is 5.95 Å². The molecular weight excluding hydrogens is 410 g/mol. The molecule has 4 aromatic rings. The number of hydrogen-bond donors (Lipinski definition) is 2. The van der Waals surface area contributed by atoms with E-state index in [1.807, 2.05) is 78.9 Å². The third kappa shape index (κ3) is 6.20. The van der Waals surface area contributed by atoms with Crippen LogP contribution in [0.4, 0.5) is 23.1 Å². The van der Waals surface area contributed by atoms with E-state index in [1.54, 1.807) is 12.3 Å². The zero-order valence-electron chi connectivity index (χ0n) is 16.5. The molecule has 0 bridgehead atoms. The van der Waals surface area contributed by atoms with Crippen molar-refractivity contribution in [2.75, 3.05) is 10.6 Å². The number of aromatic nitrogens is 2. The molecule has 31 heavy (non-hydrogen) atoms. The molecule has 3 aromatic carbocycles. The largest absolute Gasteiger partial charge is 0.457 e.